The van der Waals surface area contributed by atoms with Gasteiger partial charge in [-0.1, -0.05) is 6.08 Å². The highest BCUT2D eigenvalue weighted by Crippen LogP contribution is 2.28. The largest absolute Gasteiger partial charge is 0.423 e. The van der Waals surface area contributed by atoms with Gasteiger partial charge in [0.15, 0.2) is 0 Å². The predicted octanol–water partition coefficient (Wildman–Crippen LogP) is 4.21. The molecule has 1 aromatic heterocycles. The number of aryl methyl sites for hydroxylation is 1. The number of esters is 1. The van der Waals surface area contributed by atoms with Crippen LogP contribution >= 0.6 is 11.3 Å². The molecule has 0 saturated heterocycles. The second kappa shape index (κ2) is 5.65. The van der Waals surface area contributed by atoms with Gasteiger partial charge in [-0.2, -0.15) is 0 Å². The van der Waals surface area contributed by atoms with Crippen LogP contribution in [0.3, 0.4) is 0 Å². The average molecular weight is 258 g/mol. The van der Waals surface area contributed by atoms with Crippen LogP contribution in [0.15, 0.2) is 48.6 Å². The molecule has 0 radical (unpaired) electrons. The molecule has 0 aliphatic carbocycles. The van der Waals surface area contributed by atoms with Gasteiger partial charge in [0.05, 0.1) is 0 Å². The number of hydrogen-bond donors (Lipinski definition) is 0. The summed E-state index contributed by atoms with van der Waals surface area (Å²) in [5.41, 5.74) is 1.14. The molecule has 3 heteroatoms. The van der Waals surface area contributed by atoms with E-state index in [0.717, 1.165) is 5.56 Å². The van der Waals surface area contributed by atoms with Crippen LogP contribution < -0.4 is 4.74 Å². The van der Waals surface area contributed by atoms with Gasteiger partial charge in [-0.25, -0.2) is 4.79 Å². The Morgan fingerprint density at radius 2 is 1.89 bits per heavy atom. The molecular formula is C15H14O2S. The van der Waals surface area contributed by atoms with Crippen LogP contribution in [0.1, 0.15) is 11.8 Å². The summed E-state index contributed by atoms with van der Waals surface area (Å²) in [6.07, 6.45) is 3.06. The Morgan fingerprint density at radius 1 is 1.17 bits per heavy atom. The summed E-state index contributed by atoms with van der Waals surface area (Å²) in [5, 5.41) is 0. The molecule has 0 aliphatic heterocycles. The zero-order valence-corrected chi connectivity index (χ0v) is 11.2. The van der Waals surface area contributed by atoms with Gasteiger partial charge in [0.1, 0.15) is 5.75 Å². The van der Waals surface area contributed by atoms with Crippen molar-refractivity contribution >= 4 is 17.3 Å². The fourth-order valence-corrected chi connectivity index (χ4v) is 2.44. The monoisotopic (exact) mass is 258 g/mol. The second-order valence-corrected chi connectivity index (χ2v) is 5.14. The van der Waals surface area contributed by atoms with Gasteiger partial charge in [-0.3, -0.25) is 0 Å². The lowest BCUT2D eigenvalue weighted by molar-refractivity contribution is -0.128. The van der Waals surface area contributed by atoms with Gasteiger partial charge in [0.25, 0.3) is 0 Å². The number of thiophene rings is 1. The van der Waals surface area contributed by atoms with Crippen LogP contribution in [0, 0.1) is 6.92 Å². The lowest BCUT2D eigenvalue weighted by Gasteiger charge is -2.02. The molecule has 0 saturated carbocycles. The first-order valence-electron chi connectivity index (χ1n) is 5.70. The maximum absolute atomic E-state index is 11.3. The number of carbonyl (C=O) groups is 1. The van der Waals surface area contributed by atoms with E-state index < -0.39 is 0 Å². The van der Waals surface area contributed by atoms with Crippen LogP contribution in [-0.2, 0) is 4.79 Å². The number of allylic oxidation sites excluding steroid dienone is 1. The van der Waals surface area contributed by atoms with Crippen molar-refractivity contribution in [2.45, 2.75) is 13.8 Å². The standard InChI is InChI=1S/C15H14O2S/c1-3-4-15(16)17-13-8-6-12(7-9-13)14-10-5-11(2)18-14/h3-10H,1-2H3/b4-3+. The Balaban J connectivity index is 2.13. The zero-order valence-electron chi connectivity index (χ0n) is 10.3. The minimum absolute atomic E-state index is 0.350. The van der Waals surface area contributed by atoms with Crippen molar-refractivity contribution in [1.82, 2.24) is 0 Å². The van der Waals surface area contributed by atoms with E-state index in [0.29, 0.717) is 5.75 Å². The molecule has 0 atom stereocenters. The SMILES string of the molecule is C/C=C/C(=O)Oc1ccc(-c2ccc(C)s2)cc1. The summed E-state index contributed by atoms with van der Waals surface area (Å²) < 4.78 is 5.13. The fraction of sp³-hybridized carbons (Fsp3) is 0.133. The van der Waals surface area contributed by atoms with Crippen LogP contribution in [-0.4, -0.2) is 5.97 Å². The third-order valence-corrected chi connectivity index (χ3v) is 3.45. The van der Waals surface area contributed by atoms with Crippen molar-refractivity contribution in [1.29, 1.82) is 0 Å². The Kier molecular flexibility index (Phi) is 3.95. The first kappa shape index (κ1) is 12.6. The third kappa shape index (κ3) is 3.08. The smallest absolute Gasteiger partial charge is 0.335 e. The van der Waals surface area contributed by atoms with Crippen molar-refractivity contribution < 1.29 is 9.53 Å². The van der Waals surface area contributed by atoms with Gasteiger partial charge >= 0.3 is 5.97 Å². The predicted molar refractivity (Wildman–Crippen MR) is 74.9 cm³/mol. The summed E-state index contributed by atoms with van der Waals surface area (Å²) in [6.45, 7) is 3.87. The topological polar surface area (TPSA) is 26.3 Å². The molecular weight excluding hydrogens is 244 g/mol. The molecule has 2 rings (SSSR count). The molecule has 0 fully saturated rings. The van der Waals surface area contributed by atoms with Crippen LogP contribution in [0.25, 0.3) is 10.4 Å². The van der Waals surface area contributed by atoms with Gasteiger partial charge < -0.3 is 4.74 Å². The van der Waals surface area contributed by atoms with Crippen molar-refractivity contribution in [2.75, 3.05) is 0 Å². The normalized spacial score (nSPS) is 10.8. The number of ether oxygens (including phenoxy) is 1. The molecule has 0 aliphatic rings. The number of benzene rings is 1. The maximum atomic E-state index is 11.3. The summed E-state index contributed by atoms with van der Waals surface area (Å²) in [4.78, 5) is 13.8. The molecule has 0 bridgehead atoms. The summed E-state index contributed by atoms with van der Waals surface area (Å²) in [7, 11) is 0. The summed E-state index contributed by atoms with van der Waals surface area (Å²) in [5.74, 6) is 0.215. The highest BCUT2D eigenvalue weighted by atomic mass is 32.1. The number of rotatable bonds is 3. The second-order valence-electron chi connectivity index (χ2n) is 3.86. The molecule has 2 aromatic rings. The lowest BCUT2D eigenvalue weighted by Crippen LogP contribution is -2.03. The molecule has 92 valence electrons. The molecule has 18 heavy (non-hydrogen) atoms. The van der Waals surface area contributed by atoms with Crippen molar-refractivity contribution in [2.24, 2.45) is 0 Å². The van der Waals surface area contributed by atoms with Gasteiger partial charge in [0, 0.05) is 15.8 Å². The van der Waals surface area contributed by atoms with E-state index in [2.05, 4.69) is 19.1 Å². The molecule has 2 nitrogen and oxygen atoms in total. The van der Waals surface area contributed by atoms with E-state index in [1.807, 2.05) is 24.3 Å². The third-order valence-electron chi connectivity index (χ3n) is 2.40. The summed E-state index contributed by atoms with van der Waals surface area (Å²) >= 11 is 1.75. The van der Waals surface area contributed by atoms with E-state index in [4.69, 9.17) is 4.74 Å². The van der Waals surface area contributed by atoms with Crippen LogP contribution in [0.2, 0.25) is 0 Å². The molecule has 1 heterocycles. The van der Waals surface area contributed by atoms with E-state index in [1.165, 1.54) is 15.8 Å². The quantitative estimate of drug-likeness (QED) is 0.468. The maximum Gasteiger partial charge on any atom is 0.335 e. The molecule has 0 N–H and O–H groups in total. The molecule has 0 amide bonds. The van der Waals surface area contributed by atoms with Gasteiger partial charge in [-0.15, -0.1) is 11.3 Å². The van der Waals surface area contributed by atoms with Gasteiger partial charge in [0.2, 0.25) is 0 Å². The first-order valence-corrected chi connectivity index (χ1v) is 6.52. The molecule has 0 spiro atoms. The highest BCUT2D eigenvalue weighted by Gasteiger charge is 2.03. The van der Waals surface area contributed by atoms with Crippen LogP contribution in [0.4, 0.5) is 0 Å². The minimum atomic E-state index is -0.350. The fourth-order valence-electron chi connectivity index (χ4n) is 1.56. The number of carbonyl (C=O) groups excluding carboxylic acids is 1. The van der Waals surface area contributed by atoms with E-state index in [1.54, 1.807) is 24.3 Å². The highest BCUT2D eigenvalue weighted by molar-refractivity contribution is 7.15. The number of hydrogen-bond acceptors (Lipinski definition) is 3. The first-order chi connectivity index (χ1) is 8.69. The Morgan fingerprint density at radius 3 is 2.44 bits per heavy atom. The van der Waals surface area contributed by atoms with E-state index in [9.17, 15) is 4.79 Å². The van der Waals surface area contributed by atoms with Crippen molar-refractivity contribution in [3.8, 4) is 16.2 Å². The Hall–Kier alpha value is -1.87. The average Bonchev–Trinajstić information content (AvgIpc) is 2.77. The van der Waals surface area contributed by atoms with Crippen molar-refractivity contribution in [3.63, 3.8) is 0 Å². The lowest BCUT2D eigenvalue weighted by atomic mass is 10.2. The van der Waals surface area contributed by atoms with Crippen LogP contribution in [0.5, 0.6) is 5.75 Å². The molecule has 0 unspecified atom stereocenters. The van der Waals surface area contributed by atoms with Gasteiger partial charge in [-0.05, 0) is 55.8 Å². The summed E-state index contributed by atoms with van der Waals surface area (Å²) in [6, 6.07) is 11.7. The minimum Gasteiger partial charge on any atom is -0.423 e. The zero-order chi connectivity index (χ0) is 13.0. The molecule has 1 aromatic carbocycles. The van der Waals surface area contributed by atoms with E-state index >= 15 is 0 Å². The van der Waals surface area contributed by atoms with Crippen molar-refractivity contribution in [3.05, 3.63) is 53.4 Å². The Labute approximate surface area is 111 Å². The van der Waals surface area contributed by atoms with E-state index in [-0.39, 0.29) is 5.97 Å². The Bertz CT molecular complexity index is 564.